The molecule has 0 fully saturated rings. The van der Waals surface area contributed by atoms with Crippen LogP contribution in [0.25, 0.3) is 0 Å². The van der Waals surface area contributed by atoms with E-state index in [0.717, 1.165) is 11.3 Å². The number of aromatic hydroxyl groups is 1. The smallest absolute Gasteiger partial charge is 0.237 e. The van der Waals surface area contributed by atoms with Crippen LogP contribution in [0.4, 0.5) is 5.69 Å². The van der Waals surface area contributed by atoms with Gasteiger partial charge in [0.1, 0.15) is 11.5 Å². The number of carbonyl (C=O) groups excluding carboxylic acids is 1. The van der Waals surface area contributed by atoms with Gasteiger partial charge in [-0.2, -0.15) is 0 Å². The maximum atomic E-state index is 13.1. The van der Waals surface area contributed by atoms with Gasteiger partial charge in [0.05, 0.1) is 12.5 Å². The van der Waals surface area contributed by atoms with Crippen LogP contribution in [0.3, 0.4) is 0 Å². The Kier molecular flexibility index (Phi) is 4.18. The van der Waals surface area contributed by atoms with Crippen molar-refractivity contribution in [1.29, 1.82) is 0 Å². The molecule has 0 saturated carbocycles. The Hall–Kier alpha value is -2.20. The van der Waals surface area contributed by atoms with Gasteiger partial charge in [0.15, 0.2) is 0 Å². The van der Waals surface area contributed by atoms with E-state index in [0.29, 0.717) is 29.3 Å². The fourth-order valence-electron chi connectivity index (χ4n) is 3.40. The summed E-state index contributed by atoms with van der Waals surface area (Å²) in [6, 6.07) is 10.6. The van der Waals surface area contributed by atoms with Crippen LogP contribution in [-0.2, 0) is 16.6 Å². The SMILES string of the molecule is CCN1C(=O)C(C)(Cc2cc(OC)ccc2O)c2cc(Cl)ccc21. The molecular weight excluding hydrogens is 326 g/mol. The van der Waals surface area contributed by atoms with Gasteiger partial charge in [0.25, 0.3) is 0 Å². The highest BCUT2D eigenvalue weighted by molar-refractivity contribution is 6.31. The Labute approximate surface area is 146 Å². The molecule has 1 atom stereocenters. The van der Waals surface area contributed by atoms with Gasteiger partial charge in [-0.3, -0.25) is 4.79 Å². The van der Waals surface area contributed by atoms with Crippen molar-refractivity contribution in [3.8, 4) is 11.5 Å². The highest BCUT2D eigenvalue weighted by atomic mass is 35.5. The number of anilines is 1. The molecule has 0 spiro atoms. The number of halogens is 1. The number of hydrogen-bond acceptors (Lipinski definition) is 3. The number of benzene rings is 2. The third-order valence-electron chi connectivity index (χ3n) is 4.71. The molecule has 126 valence electrons. The van der Waals surface area contributed by atoms with Gasteiger partial charge in [0.2, 0.25) is 5.91 Å². The van der Waals surface area contributed by atoms with E-state index in [1.165, 1.54) is 0 Å². The van der Waals surface area contributed by atoms with E-state index in [1.807, 2.05) is 26.0 Å². The van der Waals surface area contributed by atoms with Gasteiger partial charge in [-0.1, -0.05) is 11.6 Å². The number of phenols is 1. The van der Waals surface area contributed by atoms with E-state index in [4.69, 9.17) is 16.3 Å². The quantitative estimate of drug-likeness (QED) is 0.913. The molecule has 1 unspecified atom stereocenters. The minimum absolute atomic E-state index is 0.0180. The van der Waals surface area contributed by atoms with Gasteiger partial charge < -0.3 is 14.7 Å². The maximum absolute atomic E-state index is 13.1. The molecule has 1 N–H and O–H groups in total. The summed E-state index contributed by atoms with van der Waals surface area (Å²) < 4.78 is 5.24. The molecule has 0 aromatic heterocycles. The van der Waals surface area contributed by atoms with Gasteiger partial charge in [0, 0.05) is 17.3 Å². The van der Waals surface area contributed by atoms with Crippen LogP contribution in [-0.4, -0.2) is 24.7 Å². The summed E-state index contributed by atoms with van der Waals surface area (Å²) in [5.41, 5.74) is 1.68. The van der Waals surface area contributed by atoms with Gasteiger partial charge >= 0.3 is 0 Å². The Morgan fingerprint density at radius 2 is 2.00 bits per heavy atom. The van der Waals surface area contributed by atoms with E-state index < -0.39 is 5.41 Å². The van der Waals surface area contributed by atoms with Crippen molar-refractivity contribution in [1.82, 2.24) is 0 Å². The second-order valence-electron chi connectivity index (χ2n) is 6.21. The fraction of sp³-hybridized carbons (Fsp3) is 0.316. The van der Waals surface area contributed by atoms with Crippen LogP contribution >= 0.6 is 11.6 Å². The zero-order valence-corrected chi connectivity index (χ0v) is 14.7. The molecule has 1 heterocycles. The molecule has 3 rings (SSSR count). The molecule has 5 heteroatoms. The predicted octanol–water partition coefficient (Wildman–Crippen LogP) is 3.92. The standard InChI is InChI=1S/C19H20ClNO3/c1-4-21-16-7-5-13(20)10-15(16)19(2,18(21)23)11-12-9-14(24-3)6-8-17(12)22/h5-10,22H,4,11H2,1-3H3. The molecule has 0 aliphatic carbocycles. The van der Waals surface area contributed by atoms with Gasteiger partial charge in [-0.05, 0) is 67.8 Å². The summed E-state index contributed by atoms with van der Waals surface area (Å²) in [5, 5.41) is 10.8. The second-order valence-corrected chi connectivity index (χ2v) is 6.65. The molecule has 1 amide bonds. The number of fused-ring (bicyclic) bond motifs is 1. The zero-order valence-electron chi connectivity index (χ0n) is 14.0. The van der Waals surface area contributed by atoms with Gasteiger partial charge in [-0.15, -0.1) is 0 Å². The number of ether oxygens (including phenoxy) is 1. The highest BCUT2D eigenvalue weighted by Gasteiger charge is 2.47. The number of carbonyl (C=O) groups is 1. The van der Waals surface area contributed by atoms with Crippen LogP contribution in [0.15, 0.2) is 36.4 Å². The Morgan fingerprint density at radius 1 is 1.25 bits per heavy atom. The van der Waals surface area contributed by atoms with E-state index in [9.17, 15) is 9.90 Å². The zero-order chi connectivity index (χ0) is 17.5. The third-order valence-corrected chi connectivity index (χ3v) is 4.94. The summed E-state index contributed by atoms with van der Waals surface area (Å²) in [6.45, 7) is 4.44. The topological polar surface area (TPSA) is 49.8 Å². The monoisotopic (exact) mass is 345 g/mol. The van der Waals surface area contributed by atoms with Crippen molar-refractivity contribution in [2.75, 3.05) is 18.6 Å². The molecule has 0 saturated heterocycles. The number of nitrogens with zero attached hydrogens (tertiary/aromatic N) is 1. The van der Waals surface area contributed by atoms with E-state index >= 15 is 0 Å². The highest BCUT2D eigenvalue weighted by Crippen LogP contribution is 2.45. The molecule has 1 aliphatic heterocycles. The Balaban J connectivity index is 2.10. The van der Waals surface area contributed by atoms with Crippen molar-refractivity contribution in [2.45, 2.75) is 25.7 Å². The first-order valence-corrected chi connectivity index (χ1v) is 8.26. The van der Waals surface area contributed by atoms with Crippen molar-refractivity contribution in [3.63, 3.8) is 0 Å². The minimum Gasteiger partial charge on any atom is -0.508 e. The molecule has 0 radical (unpaired) electrons. The largest absolute Gasteiger partial charge is 0.508 e. The molecule has 1 aliphatic rings. The number of methoxy groups -OCH3 is 1. The summed E-state index contributed by atoms with van der Waals surface area (Å²) >= 11 is 6.17. The first-order valence-electron chi connectivity index (χ1n) is 7.88. The van der Waals surface area contributed by atoms with Crippen LogP contribution < -0.4 is 9.64 Å². The lowest BCUT2D eigenvalue weighted by molar-refractivity contribution is -0.122. The van der Waals surface area contributed by atoms with E-state index in [-0.39, 0.29) is 11.7 Å². The summed E-state index contributed by atoms with van der Waals surface area (Å²) in [6.07, 6.45) is 0.374. The molecule has 2 aromatic rings. The number of rotatable bonds is 4. The number of phenolic OH excluding ortho intramolecular Hbond substituents is 1. The van der Waals surface area contributed by atoms with E-state index in [1.54, 1.807) is 36.3 Å². The summed E-state index contributed by atoms with van der Waals surface area (Å²) in [7, 11) is 1.58. The van der Waals surface area contributed by atoms with Crippen molar-refractivity contribution in [2.24, 2.45) is 0 Å². The lowest BCUT2D eigenvalue weighted by Crippen LogP contribution is -2.39. The normalized spacial score (nSPS) is 19.5. The van der Waals surface area contributed by atoms with Crippen molar-refractivity contribution < 1.29 is 14.6 Å². The van der Waals surface area contributed by atoms with Crippen LogP contribution in [0.5, 0.6) is 11.5 Å². The number of hydrogen-bond donors (Lipinski definition) is 1. The predicted molar refractivity (Wildman–Crippen MR) is 95.2 cm³/mol. The molecular formula is C19H20ClNO3. The average Bonchev–Trinajstić information content (AvgIpc) is 2.77. The summed E-state index contributed by atoms with van der Waals surface area (Å²) in [4.78, 5) is 14.8. The van der Waals surface area contributed by atoms with Gasteiger partial charge in [-0.25, -0.2) is 0 Å². The van der Waals surface area contributed by atoms with Crippen molar-refractivity contribution in [3.05, 3.63) is 52.5 Å². The number of likely N-dealkylation sites (N-methyl/N-ethyl adjacent to an activating group) is 1. The summed E-state index contributed by atoms with van der Waals surface area (Å²) in [5.74, 6) is 0.823. The Bertz CT molecular complexity index is 805. The maximum Gasteiger partial charge on any atom is 0.237 e. The molecule has 24 heavy (non-hydrogen) atoms. The third kappa shape index (κ3) is 2.51. The lowest BCUT2D eigenvalue weighted by atomic mass is 9.78. The molecule has 0 bridgehead atoms. The number of amides is 1. The van der Waals surface area contributed by atoms with Crippen LogP contribution in [0.2, 0.25) is 5.02 Å². The fourth-order valence-corrected chi connectivity index (χ4v) is 3.58. The van der Waals surface area contributed by atoms with Crippen LogP contribution in [0, 0.1) is 0 Å². The first-order chi connectivity index (χ1) is 11.4. The lowest BCUT2D eigenvalue weighted by Gasteiger charge is -2.25. The first kappa shape index (κ1) is 16.7. The average molecular weight is 346 g/mol. The Morgan fingerprint density at radius 3 is 2.67 bits per heavy atom. The minimum atomic E-state index is -0.778. The second kappa shape index (κ2) is 6.02. The molecule has 4 nitrogen and oxygen atoms in total. The molecule has 2 aromatic carbocycles. The van der Waals surface area contributed by atoms with E-state index in [2.05, 4.69) is 0 Å². The van der Waals surface area contributed by atoms with Crippen molar-refractivity contribution >= 4 is 23.2 Å². The van der Waals surface area contributed by atoms with Crippen LogP contribution in [0.1, 0.15) is 25.0 Å².